The van der Waals surface area contributed by atoms with Crippen LogP contribution in [0.2, 0.25) is 0 Å². The zero-order valence-electron chi connectivity index (χ0n) is 14.7. The summed E-state index contributed by atoms with van der Waals surface area (Å²) in [6.45, 7) is -0.00544. The third-order valence-electron chi connectivity index (χ3n) is 3.45. The Kier molecular flexibility index (Phi) is 5.70. The number of primary sulfonamides is 1. The lowest BCUT2D eigenvalue weighted by molar-refractivity contribution is -0.123. The molecule has 0 aliphatic carbocycles. The molecule has 1 aromatic carbocycles. The van der Waals surface area contributed by atoms with E-state index < -0.39 is 45.4 Å². The van der Waals surface area contributed by atoms with Crippen LogP contribution in [0.3, 0.4) is 0 Å². The topological polar surface area (TPSA) is 176 Å². The number of rotatable bonds is 5. The van der Waals surface area contributed by atoms with Crippen LogP contribution in [0, 0.1) is 0 Å². The van der Waals surface area contributed by atoms with Gasteiger partial charge in [-0.05, 0) is 24.3 Å². The molecule has 0 saturated carbocycles. The summed E-state index contributed by atoms with van der Waals surface area (Å²) in [5.74, 6) is -1.52. The summed E-state index contributed by atoms with van der Waals surface area (Å²) in [6, 6.07) is 5.81. The molecule has 0 spiro atoms. The molecule has 3 rings (SSSR count). The van der Waals surface area contributed by atoms with Crippen LogP contribution >= 0.6 is 0 Å². The summed E-state index contributed by atoms with van der Waals surface area (Å²) in [5.41, 5.74) is 0.350. The van der Waals surface area contributed by atoms with Gasteiger partial charge in [-0.3, -0.25) is 10.1 Å². The predicted octanol–water partition coefficient (Wildman–Crippen LogP) is 0.203. The van der Waals surface area contributed by atoms with E-state index in [1.165, 1.54) is 6.07 Å². The molecule has 2 heterocycles. The number of carbonyl (C=O) groups excluding carboxylic acids is 3. The Balaban J connectivity index is 1.48. The second-order valence-corrected chi connectivity index (χ2v) is 7.09. The lowest BCUT2D eigenvalue weighted by Crippen LogP contribution is -2.37. The van der Waals surface area contributed by atoms with Gasteiger partial charge in [-0.15, -0.1) is 0 Å². The van der Waals surface area contributed by atoms with E-state index in [2.05, 4.69) is 10.1 Å². The van der Waals surface area contributed by atoms with Crippen LogP contribution < -0.4 is 25.2 Å². The average molecular weight is 425 g/mol. The van der Waals surface area contributed by atoms with Crippen molar-refractivity contribution in [3.63, 3.8) is 0 Å². The summed E-state index contributed by atoms with van der Waals surface area (Å²) in [5, 5.41) is 8.60. The van der Waals surface area contributed by atoms with Gasteiger partial charge in [0.2, 0.25) is 10.9 Å². The first-order valence-electron chi connectivity index (χ1n) is 8.02. The van der Waals surface area contributed by atoms with Crippen LogP contribution in [0.5, 0.6) is 11.5 Å². The smallest absolute Gasteiger partial charge is 0.374 e. The van der Waals surface area contributed by atoms with Crippen molar-refractivity contribution < 1.29 is 41.4 Å². The van der Waals surface area contributed by atoms with Gasteiger partial charge < -0.3 is 23.9 Å². The van der Waals surface area contributed by atoms with E-state index in [0.717, 1.165) is 12.1 Å². The summed E-state index contributed by atoms with van der Waals surface area (Å²) in [6.07, 6.45) is 0. The molecule has 1 aliphatic rings. The van der Waals surface area contributed by atoms with Gasteiger partial charge in [-0.2, -0.15) is 0 Å². The van der Waals surface area contributed by atoms with Crippen LogP contribution in [0.1, 0.15) is 10.6 Å². The number of esters is 1. The van der Waals surface area contributed by atoms with Gasteiger partial charge in [0, 0.05) is 11.8 Å². The first-order valence-corrected chi connectivity index (χ1v) is 9.57. The van der Waals surface area contributed by atoms with Crippen molar-refractivity contribution >= 4 is 33.6 Å². The molecule has 0 saturated heterocycles. The van der Waals surface area contributed by atoms with E-state index in [0.29, 0.717) is 30.4 Å². The third kappa shape index (κ3) is 5.24. The zero-order chi connectivity index (χ0) is 21.0. The standard InChI is InChI=1S/C16H15N3O9S/c17-29(23,24)14-4-3-11(28-14)15(21)27-8-13(20)19-16(22)18-9-1-2-10-12(7-9)26-6-5-25-10/h1-4,7H,5-6,8H2,(H2,17,23,24)(H2,18,19,20,22). The van der Waals surface area contributed by atoms with Gasteiger partial charge in [-0.1, -0.05) is 0 Å². The molecular weight excluding hydrogens is 410 g/mol. The van der Waals surface area contributed by atoms with Gasteiger partial charge in [0.15, 0.2) is 18.1 Å². The molecule has 154 valence electrons. The largest absolute Gasteiger partial charge is 0.486 e. The molecule has 12 nitrogen and oxygen atoms in total. The molecule has 1 aromatic heterocycles. The molecule has 13 heteroatoms. The van der Waals surface area contributed by atoms with Gasteiger partial charge in [0.25, 0.3) is 15.9 Å². The number of nitrogens with one attached hydrogen (secondary N) is 2. The summed E-state index contributed by atoms with van der Waals surface area (Å²) in [4.78, 5) is 35.3. The number of amides is 3. The number of carbonyl (C=O) groups is 3. The van der Waals surface area contributed by atoms with Crippen LogP contribution in [-0.2, 0) is 19.6 Å². The number of anilines is 1. The highest BCUT2D eigenvalue weighted by atomic mass is 32.2. The first-order chi connectivity index (χ1) is 13.7. The number of sulfonamides is 1. The fourth-order valence-electron chi connectivity index (χ4n) is 2.23. The summed E-state index contributed by atoms with van der Waals surface area (Å²) in [7, 11) is -4.12. The Morgan fingerprint density at radius 1 is 1.07 bits per heavy atom. The van der Waals surface area contributed by atoms with E-state index in [4.69, 9.17) is 19.0 Å². The van der Waals surface area contributed by atoms with Crippen molar-refractivity contribution in [2.75, 3.05) is 25.1 Å². The third-order valence-corrected chi connectivity index (χ3v) is 4.23. The lowest BCUT2D eigenvalue weighted by Gasteiger charge is -2.19. The van der Waals surface area contributed by atoms with Crippen molar-refractivity contribution in [2.45, 2.75) is 5.09 Å². The Morgan fingerprint density at radius 3 is 2.48 bits per heavy atom. The molecular formula is C16H15N3O9S. The normalized spacial score (nSPS) is 12.7. The van der Waals surface area contributed by atoms with Gasteiger partial charge >= 0.3 is 12.0 Å². The highest BCUT2D eigenvalue weighted by Gasteiger charge is 2.20. The zero-order valence-corrected chi connectivity index (χ0v) is 15.5. The number of ether oxygens (including phenoxy) is 3. The molecule has 3 amide bonds. The molecule has 29 heavy (non-hydrogen) atoms. The van der Waals surface area contributed by atoms with Crippen molar-refractivity contribution in [1.29, 1.82) is 0 Å². The van der Waals surface area contributed by atoms with Crippen molar-refractivity contribution in [3.05, 3.63) is 36.1 Å². The lowest BCUT2D eigenvalue weighted by atomic mass is 10.2. The molecule has 0 atom stereocenters. The number of benzene rings is 1. The van der Waals surface area contributed by atoms with E-state index >= 15 is 0 Å². The number of fused-ring (bicyclic) bond motifs is 1. The number of hydrogen-bond donors (Lipinski definition) is 3. The van der Waals surface area contributed by atoms with Crippen LogP contribution in [0.4, 0.5) is 10.5 Å². The maximum atomic E-state index is 11.9. The van der Waals surface area contributed by atoms with E-state index in [1.54, 1.807) is 12.1 Å². The monoisotopic (exact) mass is 425 g/mol. The van der Waals surface area contributed by atoms with E-state index in [9.17, 15) is 22.8 Å². The predicted molar refractivity (Wildman–Crippen MR) is 95.0 cm³/mol. The number of furan rings is 1. The fraction of sp³-hybridized carbons (Fsp3) is 0.188. The van der Waals surface area contributed by atoms with Crippen molar-refractivity contribution in [2.24, 2.45) is 5.14 Å². The highest BCUT2D eigenvalue weighted by molar-refractivity contribution is 7.89. The molecule has 0 fully saturated rings. The van der Waals surface area contributed by atoms with Crippen molar-refractivity contribution in [3.8, 4) is 11.5 Å². The van der Waals surface area contributed by atoms with E-state index in [-0.39, 0.29) is 0 Å². The average Bonchev–Trinajstić information content (AvgIpc) is 3.17. The molecule has 0 bridgehead atoms. The number of nitrogens with two attached hydrogens (primary N) is 1. The minimum atomic E-state index is -4.12. The van der Waals surface area contributed by atoms with E-state index in [1.807, 2.05) is 5.32 Å². The van der Waals surface area contributed by atoms with Crippen LogP contribution in [0.25, 0.3) is 0 Å². The second kappa shape index (κ2) is 8.20. The summed E-state index contributed by atoms with van der Waals surface area (Å²) >= 11 is 0. The van der Waals surface area contributed by atoms with Crippen molar-refractivity contribution in [1.82, 2.24) is 5.32 Å². The second-order valence-electron chi connectivity index (χ2n) is 5.60. The van der Waals surface area contributed by atoms with Gasteiger partial charge in [0.05, 0.1) is 0 Å². The van der Waals surface area contributed by atoms with Crippen LogP contribution in [-0.4, -0.2) is 46.1 Å². The Hall–Kier alpha value is -3.58. The Morgan fingerprint density at radius 2 is 1.79 bits per heavy atom. The molecule has 0 radical (unpaired) electrons. The highest BCUT2D eigenvalue weighted by Crippen LogP contribution is 2.32. The maximum absolute atomic E-state index is 11.9. The Labute approximate surface area is 163 Å². The van der Waals surface area contributed by atoms with Gasteiger partial charge in [-0.25, -0.2) is 23.1 Å². The quantitative estimate of drug-likeness (QED) is 0.565. The van der Waals surface area contributed by atoms with Crippen LogP contribution in [0.15, 0.2) is 39.8 Å². The SMILES string of the molecule is NS(=O)(=O)c1ccc(C(=O)OCC(=O)NC(=O)Nc2ccc3c(c2)OCCO3)o1. The Bertz CT molecular complexity index is 1060. The number of imide groups is 1. The fourth-order valence-corrected chi connectivity index (χ4v) is 2.69. The first kappa shape index (κ1) is 20.2. The maximum Gasteiger partial charge on any atom is 0.374 e. The molecule has 0 unspecified atom stereocenters. The minimum Gasteiger partial charge on any atom is -0.486 e. The molecule has 1 aliphatic heterocycles. The minimum absolute atomic E-state index is 0.350. The number of urea groups is 1. The molecule has 4 N–H and O–H groups in total. The number of hydrogen-bond acceptors (Lipinski definition) is 9. The molecule has 2 aromatic rings. The summed E-state index contributed by atoms with van der Waals surface area (Å²) < 4.78 is 42.3. The van der Waals surface area contributed by atoms with Gasteiger partial charge in [0.1, 0.15) is 13.2 Å².